The van der Waals surface area contributed by atoms with Gasteiger partial charge in [0.2, 0.25) is 0 Å². The van der Waals surface area contributed by atoms with Gasteiger partial charge in [-0.15, -0.1) is 0 Å². The topological polar surface area (TPSA) is 158 Å². The smallest absolute Gasteiger partial charge is 0.179 e. The number of benzene rings is 2. The van der Waals surface area contributed by atoms with Crippen LogP contribution in [-0.4, -0.2) is 134 Å². The van der Waals surface area contributed by atoms with E-state index in [9.17, 15) is 10.2 Å². The number of nitrogens with zero attached hydrogens (tertiary/aromatic N) is 8. The molecular formula is C35H48N10O3. The average molecular weight is 657 g/mol. The zero-order valence-corrected chi connectivity index (χ0v) is 27.5. The lowest BCUT2D eigenvalue weighted by molar-refractivity contribution is -0.132. The Morgan fingerprint density at radius 1 is 0.625 bits per heavy atom. The second-order valence-corrected chi connectivity index (χ2v) is 12.4. The van der Waals surface area contributed by atoms with Gasteiger partial charge in [-0.25, -0.2) is 9.36 Å². The third-order valence-electron chi connectivity index (χ3n) is 9.61. The number of aliphatic hydroxyl groups excluding tert-OH is 2. The number of Topliss-reactive ketones (excluding diaryl/α,β-unsaturated/α-hetero) is 1. The van der Waals surface area contributed by atoms with E-state index in [1.807, 2.05) is 82.4 Å². The van der Waals surface area contributed by atoms with E-state index in [4.69, 9.17) is 21.7 Å². The first-order valence-electron chi connectivity index (χ1n) is 16.9. The summed E-state index contributed by atoms with van der Waals surface area (Å²) in [7, 11) is 0. The van der Waals surface area contributed by atoms with Gasteiger partial charge in [0, 0.05) is 90.9 Å². The number of hydrogen-bond acceptors (Lipinski definition) is 11. The molecule has 2 aromatic heterocycles. The summed E-state index contributed by atoms with van der Waals surface area (Å²) in [6.45, 7) is 7.83. The van der Waals surface area contributed by atoms with Crippen molar-refractivity contribution in [2.24, 2.45) is 11.5 Å². The van der Waals surface area contributed by atoms with Crippen molar-refractivity contribution in [2.75, 3.05) is 78.7 Å². The van der Waals surface area contributed by atoms with Gasteiger partial charge in [0.25, 0.3) is 0 Å². The maximum Gasteiger partial charge on any atom is 0.179 e. The maximum atomic E-state index is 15.3. The number of β-amino-alcohol motifs (C(OH)–C–C–N with tert-alkyl or cyclic N) is 2. The number of rotatable bonds is 14. The van der Waals surface area contributed by atoms with Gasteiger partial charge in [-0.2, -0.15) is 10.2 Å². The number of para-hydroxylation sites is 2. The minimum atomic E-state index is -0.616. The zero-order valence-electron chi connectivity index (χ0n) is 27.5. The molecule has 2 aromatic carbocycles. The predicted octanol–water partition coefficient (Wildman–Crippen LogP) is 0.547. The van der Waals surface area contributed by atoms with Gasteiger partial charge in [-0.3, -0.25) is 24.4 Å². The van der Waals surface area contributed by atoms with Crippen LogP contribution in [-0.2, 0) is 17.9 Å². The molecule has 0 spiro atoms. The zero-order chi connectivity index (χ0) is 33.5. The largest absolute Gasteiger partial charge is 0.395 e. The van der Waals surface area contributed by atoms with Crippen molar-refractivity contribution in [1.29, 1.82) is 0 Å². The SMILES string of the molecule is NCc1ccccc1-n1ccc(C(C(=O)C(c2ccn(-c3ccccc3CN)n2)N2CCN(CCO)CC2)N2CCN(CCO)CC2)n1. The van der Waals surface area contributed by atoms with Gasteiger partial charge in [-0.05, 0) is 35.4 Å². The van der Waals surface area contributed by atoms with Crippen LogP contribution in [0.25, 0.3) is 11.4 Å². The van der Waals surface area contributed by atoms with Gasteiger partial charge in [0.05, 0.1) is 36.0 Å². The Hall–Kier alpha value is -3.79. The summed E-state index contributed by atoms with van der Waals surface area (Å²) in [6.07, 6.45) is 3.82. The molecule has 2 atom stereocenters. The molecule has 4 heterocycles. The number of carbonyl (C=O) groups excluding carboxylic acids is 1. The molecule has 6 N–H and O–H groups in total. The highest BCUT2D eigenvalue weighted by atomic mass is 16.3. The van der Waals surface area contributed by atoms with Crippen LogP contribution in [0.5, 0.6) is 0 Å². The molecule has 256 valence electrons. The summed E-state index contributed by atoms with van der Waals surface area (Å²) in [4.78, 5) is 24.2. The van der Waals surface area contributed by atoms with Gasteiger partial charge in [-0.1, -0.05) is 36.4 Å². The first-order chi connectivity index (χ1) is 23.5. The Morgan fingerprint density at radius 3 is 1.40 bits per heavy atom. The maximum absolute atomic E-state index is 15.3. The van der Waals surface area contributed by atoms with Crippen molar-refractivity contribution >= 4 is 5.78 Å². The minimum Gasteiger partial charge on any atom is -0.395 e. The van der Waals surface area contributed by atoms with E-state index in [0.29, 0.717) is 63.7 Å². The van der Waals surface area contributed by atoms with E-state index in [1.165, 1.54) is 0 Å². The second-order valence-electron chi connectivity index (χ2n) is 12.4. The first-order valence-corrected chi connectivity index (χ1v) is 16.9. The lowest BCUT2D eigenvalue weighted by Crippen LogP contribution is -2.54. The van der Waals surface area contributed by atoms with Crippen molar-refractivity contribution in [1.82, 2.24) is 39.2 Å². The van der Waals surface area contributed by atoms with Gasteiger partial charge in [0.1, 0.15) is 12.1 Å². The molecule has 6 rings (SSSR count). The van der Waals surface area contributed by atoms with E-state index in [1.54, 1.807) is 0 Å². The number of aliphatic hydroxyl groups is 2. The summed E-state index contributed by atoms with van der Waals surface area (Å²) in [5.74, 6) is 0.0240. The number of ketones is 1. The molecular weight excluding hydrogens is 608 g/mol. The molecule has 2 unspecified atom stereocenters. The summed E-state index contributed by atoms with van der Waals surface area (Å²) in [5.41, 5.74) is 17.2. The molecule has 0 radical (unpaired) electrons. The van der Waals surface area contributed by atoms with Crippen LogP contribution in [0.4, 0.5) is 0 Å². The highest BCUT2D eigenvalue weighted by Crippen LogP contribution is 2.33. The standard InChI is InChI=1S/C35H48N10O3/c36-25-27-5-1-3-7-31(27)44-11-9-29(38-44)33(42-17-13-40(14-18-42)21-23-46)35(48)34(43-19-15-41(16-20-43)22-24-47)30-10-12-45(39-30)32-8-4-2-6-28(32)26-37/h1-12,33-34,46-47H,13-26,36-37H2. The van der Waals surface area contributed by atoms with Crippen molar-refractivity contribution in [3.05, 3.63) is 95.6 Å². The molecule has 2 saturated heterocycles. The molecule has 0 aliphatic carbocycles. The monoisotopic (exact) mass is 656 g/mol. The van der Waals surface area contributed by atoms with Crippen LogP contribution in [0.3, 0.4) is 0 Å². The highest BCUT2D eigenvalue weighted by Gasteiger charge is 2.41. The van der Waals surface area contributed by atoms with E-state index in [0.717, 1.165) is 48.7 Å². The van der Waals surface area contributed by atoms with Gasteiger partial charge in [0.15, 0.2) is 5.78 Å². The molecule has 2 aliphatic heterocycles. The van der Waals surface area contributed by atoms with Crippen LogP contribution < -0.4 is 11.5 Å². The Kier molecular flexibility index (Phi) is 11.4. The summed E-state index contributed by atoms with van der Waals surface area (Å²) < 4.78 is 3.64. The predicted molar refractivity (Wildman–Crippen MR) is 184 cm³/mol. The van der Waals surface area contributed by atoms with Crippen LogP contribution in [0.1, 0.15) is 34.6 Å². The Morgan fingerprint density at radius 2 is 1.02 bits per heavy atom. The van der Waals surface area contributed by atoms with Gasteiger partial charge >= 0.3 is 0 Å². The fraction of sp³-hybridized carbons (Fsp3) is 0.457. The molecule has 0 saturated carbocycles. The summed E-state index contributed by atoms with van der Waals surface area (Å²) >= 11 is 0. The molecule has 4 aromatic rings. The molecule has 13 heteroatoms. The molecule has 48 heavy (non-hydrogen) atoms. The van der Waals surface area contributed by atoms with Gasteiger partial charge < -0.3 is 21.7 Å². The lowest BCUT2D eigenvalue weighted by Gasteiger charge is -2.42. The van der Waals surface area contributed by atoms with E-state index in [-0.39, 0.29) is 19.0 Å². The fourth-order valence-electron chi connectivity index (χ4n) is 7.00. The number of piperazine rings is 2. The van der Waals surface area contributed by atoms with Crippen molar-refractivity contribution < 1.29 is 15.0 Å². The first kappa shape index (κ1) is 34.1. The quantitative estimate of drug-likeness (QED) is 0.150. The fourth-order valence-corrected chi connectivity index (χ4v) is 7.00. The number of carbonyl (C=O) groups is 1. The van der Waals surface area contributed by atoms with Crippen LogP contribution in [0, 0.1) is 0 Å². The highest BCUT2D eigenvalue weighted by molar-refractivity contribution is 5.90. The Labute approximate surface area is 281 Å². The van der Waals surface area contributed by atoms with E-state index in [2.05, 4.69) is 19.6 Å². The van der Waals surface area contributed by atoms with Crippen LogP contribution in [0.15, 0.2) is 73.1 Å². The molecule has 2 aliphatic rings. The van der Waals surface area contributed by atoms with Crippen LogP contribution in [0.2, 0.25) is 0 Å². The Bertz CT molecular complexity index is 1510. The lowest BCUT2D eigenvalue weighted by atomic mass is 9.95. The molecule has 0 bridgehead atoms. The number of hydrogen-bond donors (Lipinski definition) is 4. The van der Waals surface area contributed by atoms with Crippen molar-refractivity contribution in [2.45, 2.75) is 25.2 Å². The van der Waals surface area contributed by atoms with E-state index >= 15 is 4.79 Å². The molecule has 13 nitrogen and oxygen atoms in total. The summed E-state index contributed by atoms with van der Waals surface area (Å²) in [6, 6.07) is 18.5. The molecule has 0 amide bonds. The third-order valence-corrected chi connectivity index (χ3v) is 9.61. The van der Waals surface area contributed by atoms with Crippen molar-refractivity contribution in [3.63, 3.8) is 0 Å². The Balaban J connectivity index is 1.38. The van der Waals surface area contributed by atoms with E-state index < -0.39 is 12.1 Å². The normalized spacial score (nSPS) is 18.2. The average Bonchev–Trinajstić information content (AvgIpc) is 3.81. The van der Waals surface area contributed by atoms with Crippen molar-refractivity contribution in [3.8, 4) is 11.4 Å². The minimum absolute atomic E-state index is 0.0240. The summed E-state index contributed by atoms with van der Waals surface area (Å²) in [5, 5.41) is 29.2. The second kappa shape index (κ2) is 16.1. The molecule has 2 fully saturated rings. The van der Waals surface area contributed by atoms with Crippen LogP contribution >= 0.6 is 0 Å². The number of nitrogens with two attached hydrogens (primary N) is 2. The third kappa shape index (κ3) is 7.43. The number of aromatic nitrogens is 4.